The van der Waals surface area contributed by atoms with Crippen LogP contribution in [0.2, 0.25) is 0 Å². The van der Waals surface area contributed by atoms with E-state index >= 15 is 0 Å². The molecule has 13 nitrogen and oxygen atoms in total. The second-order valence-electron chi connectivity index (χ2n) is 11.9. The molecule has 1 aliphatic heterocycles. The molecule has 236 valence electrons. The van der Waals surface area contributed by atoms with Crippen molar-refractivity contribution in [2.75, 3.05) is 62.4 Å². The number of rotatable bonds is 10. The van der Waals surface area contributed by atoms with Crippen LogP contribution >= 0.6 is 0 Å². The zero-order chi connectivity index (χ0) is 32.0. The summed E-state index contributed by atoms with van der Waals surface area (Å²) in [5.74, 6) is 1.03. The van der Waals surface area contributed by atoms with Gasteiger partial charge < -0.3 is 26.0 Å². The lowest BCUT2D eigenvalue weighted by Crippen LogP contribution is -2.41. The fraction of sp³-hybridized carbons (Fsp3) is 0.375. The van der Waals surface area contributed by atoms with Gasteiger partial charge in [0.15, 0.2) is 11.5 Å². The van der Waals surface area contributed by atoms with Crippen LogP contribution < -0.4 is 21.3 Å². The van der Waals surface area contributed by atoms with E-state index < -0.39 is 0 Å². The van der Waals surface area contributed by atoms with E-state index in [-0.39, 0.29) is 22.9 Å². The molecule has 4 aromatic rings. The van der Waals surface area contributed by atoms with Gasteiger partial charge in [0, 0.05) is 69.1 Å². The maximum atomic E-state index is 13.2. The lowest BCUT2D eigenvalue weighted by atomic mass is 9.87. The number of nitrogens with one attached hydrogen (secondary N) is 4. The topological polar surface area (TPSA) is 151 Å². The monoisotopic (exact) mass is 612 g/mol. The number of benzene rings is 1. The highest BCUT2D eigenvalue weighted by Gasteiger charge is 2.20. The van der Waals surface area contributed by atoms with Gasteiger partial charge in [-0.3, -0.25) is 19.5 Å². The number of aryl methyl sites for hydroxylation is 1. The van der Waals surface area contributed by atoms with Crippen molar-refractivity contribution in [3.8, 4) is 5.82 Å². The molecule has 4 N–H and O–H groups in total. The minimum absolute atomic E-state index is 0.136. The van der Waals surface area contributed by atoms with Crippen molar-refractivity contribution in [3.63, 3.8) is 0 Å². The lowest BCUT2D eigenvalue weighted by Gasteiger charge is -2.26. The Hall–Kier alpha value is -4.88. The number of hydrogen-bond donors (Lipinski definition) is 4. The number of anilines is 4. The van der Waals surface area contributed by atoms with Crippen LogP contribution in [0.4, 0.5) is 23.0 Å². The molecule has 1 aromatic carbocycles. The van der Waals surface area contributed by atoms with Gasteiger partial charge in [0.25, 0.3) is 11.8 Å². The number of amides is 2. The first-order valence-corrected chi connectivity index (χ1v) is 14.9. The van der Waals surface area contributed by atoms with Gasteiger partial charge in [-0.05, 0) is 41.7 Å². The molecular formula is C32H40N10O3. The Bertz CT molecular complexity index is 1660. The van der Waals surface area contributed by atoms with Gasteiger partial charge >= 0.3 is 0 Å². The molecule has 3 aromatic heterocycles. The molecule has 0 unspecified atom stereocenters. The fourth-order valence-corrected chi connectivity index (χ4v) is 4.75. The Balaban J connectivity index is 1.37. The molecule has 0 bridgehead atoms. The molecule has 13 heteroatoms. The minimum atomic E-state index is -0.295. The fourth-order valence-electron chi connectivity index (χ4n) is 4.75. The van der Waals surface area contributed by atoms with E-state index in [9.17, 15) is 9.59 Å². The van der Waals surface area contributed by atoms with E-state index in [1.807, 2.05) is 31.2 Å². The van der Waals surface area contributed by atoms with Crippen LogP contribution in [-0.4, -0.2) is 87.9 Å². The molecule has 0 atom stereocenters. The summed E-state index contributed by atoms with van der Waals surface area (Å²) in [5, 5.41) is 17.0. The van der Waals surface area contributed by atoms with Gasteiger partial charge in [-0.15, -0.1) is 0 Å². The molecule has 0 saturated carbocycles. The predicted octanol–water partition coefficient (Wildman–Crippen LogP) is 3.76. The zero-order valence-corrected chi connectivity index (χ0v) is 26.3. The summed E-state index contributed by atoms with van der Waals surface area (Å²) in [7, 11) is 1.76. The van der Waals surface area contributed by atoms with E-state index in [0.29, 0.717) is 48.5 Å². The van der Waals surface area contributed by atoms with E-state index in [1.165, 1.54) is 6.33 Å². The first kappa shape index (κ1) is 31.5. The second kappa shape index (κ2) is 13.8. The third-order valence-corrected chi connectivity index (χ3v) is 7.51. The minimum Gasteiger partial charge on any atom is -0.379 e. The first-order chi connectivity index (χ1) is 21.6. The summed E-state index contributed by atoms with van der Waals surface area (Å²) >= 11 is 0. The van der Waals surface area contributed by atoms with E-state index in [0.717, 1.165) is 36.4 Å². The van der Waals surface area contributed by atoms with Crippen molar-refractivity contribution in [3.05, 3.63) is 77.5 Å². The summed E-state index contributed by atoms with van der Waals surface area (Å²) < 4.78 is 6.97. The Morgan fingerprint density at radius 2 is 1.80 bits per heavy atom. The molecule has 1 aliphatic rings. The predicted molar refractivity (Wildman–Crippen MR) is 174 cm³/mol. The molecule has 0 radical (unpaired) electrons. The average molecular weight is 613 g/mol. The van der Waals surface area contributed by atoms with Crippen LogP contribution in [0.25, 0.3) is 5.82 Å². The summed E-state index contributed by atoms with van der Waals surface area (Å²) in [5.41, 5.74) is 3.79. The number of carbonyl (C=O) groups excluding carboxylic acids is 2. The molecule has 0 aliphatic carbocycles. The molecule has 4 heterocycles. The normalized spacial score (nSPS) is 13.7. The van der Waals surface area contributed by atoms with Gasteiger partial charge in [0.1, 0.15) is 18.0 Å². The second-order valence-corrected chi connectivity index (χ2v) is 11.9. The molecule has 0 spiro atoms. The molecular weight excluding hydrogens is 572 g/mol. The van der Waals surface area contributed by atoms with Crippen LogP contribution in [0.3, 0.4) is 0 Å². The highest BCUT2D eigenvalue weighted by atomic mass is 16.5. The largest absolute Gasteiger partial charge is 0.379 e. The van der Waals surface area contributed by atoms with Crippen molar-refractivity contribution < 1.29 is 14.3 Å². The third kappa shape index (κ3) is 7.99. The zero-order valence-electron chi connectivity index (χ0n) is 26.3. The van der Waals surface area contributed by atoms with Gasteiger partial charge in [-0.25, -0.2) is 9.97 Å². The van der Waals surface area contributed by atoms with E-state index in [1.54, 1.807) is 36.3 Å². The van der Waals surface area contributed by atoms with Crippen LogP contribution in [0.1, 0.15) is 52.7 Å². The molecule has 45 heavy (non-hydrogen) atoms. The van der Waals surface area contributed by atoms with E-state index in [4.69, 9.17) is 4.74 Å². The van der Waals surface area contributed by atoms with E-state index in [2.05, 4.69) is 67.0 Å². The number of ether oxygens (including phenoxy) is 1. The van der Waals surface area contributed by atoms with Crippen molar-refractivity contribution in [2.45, 2.75) is 33.1 Å². The number of pyridine rings is 1. The molecule has 2 amide bonds. The Morgan fingerprint density at radius 3 is 2.56 bits per heavy atom. The Kier molecular flexibility index (Phi) is 9.69. The average Bonchev–Trinajstić information content (AvgIpc) is 3.46. The highest BCUT2D eigenvalue weighted by Crippen LogP contribution is 2.28. The van der Waals surface area contributed by atoms with Crippen LogP contribution in [-0.2, 0) is 10.2 Å². The van der Waals surface area contributed by atoms with Crippen molar-refractivity contribution in [1.29, 1.82) is 0 Å². The molecule has 5 rings (SSSR count). The lowest BCUT2D eigenvalue weighted by molar-refractivity contribution is 0.0383. The quantitative estimate of drug-likeness (QED) is 0.208. The Morgan fingerprint density at radius 1 is 1.00 bits per heavy atom. The highest BCUT2D eigenvalue weighted by molar-refractivity contribution is 6.04. The number of nitrogens with zero attached hydrogens (tertiary/aromatic N) is 6. The van der Waals surface area contributed by atoms with Gasteiger partial charge in [0.2, 0.25) is 0 Å². The van der Waals surface area contributed by atoms with Crippen molar-refractivity contribution in [2.24, 2.45) is 0 Å². The smallest absolute Gasteiger partial charge is 0.271 e. The number of aromatic nitrogens is 5. The van der Waals surface area contributed by atoms with Crippen LogP contribution in [0.5, 0.6) is 0 Å². The van der Waals surface area contributed by atoms with Gasteiger partial charge in [-0.1, -0.05) is 26.8 Å². The SMILES string of the molecule is CNc1cc(-n2nc(C(=O)NCCN3CCOCC3)cc2Nc2cc(NC(=O)c3cncc(C(C)(C)C)c3)ccc2C)ncn1. The Labute approximate surface area is 262 Å². The third-order valence-electron chi connectivity index (χ3n) is 7.51. The summed E-state index contributed by atoms with van der Waals surface area (Å²) in [4.78, 5) is 41.4. The number of carbonyl (C=O) groups is 2. The van der Waals surface area contributed by atoms with Crippen LogP contribution in [0, 0.1) is 6.92 Å². The van der Waals surface area contributed by atoms with Gasteiger partial charge in [0.05, 0.1) is 18.8 Å². The molecule has 1 fully saturated rings. The van der Waals surface area contributed by atoms with Crippen LogP contribution in [0.15, 0.2) is 55.1 Å². The summed E-state index contributed by atoms with van der Waals surface area (Å²) in [6.07, 6.45) is 4.77. The maximum absolute atomic E-state index is 13.2. The standard InChI is InChI=1S/C32H40N10O3/c1-21-6-7-24(38-30(43)22-14-23(19-34-18-22)32(2,3)4)15-25(21)39-29-16-26(31(44)35-8-9-41-10-12-45-13-11-41)40-42(29)28-17-27(33-5)36-20-37-28/h6-7,14-20,39H,8-13H2,1-5H3,(H,35,44)(H,38,43)(H,33,36,37). The maximum Gasteiger partial charge on any atom is 0.271 e. The summed E-state index contributed by atoms with van der Waals surface area (Å²) in [6.45, 7) is 12.5. The number of morpholine rings is 1. The first-order valence-electron chi connectivity index (χ1n) is 14.9. The van der Waals surface area contributed by atoms with Gasteiger partial charge in [-0.2, -0.15) is 9.78 Å². The van der Waals surface area contributed by atoms with Crippen molar-refractivity contribution in [1.82, 2.24) is 34.9 Å². The number of hydrogen-bond acceptors (Lipinski definition) is 10. The molecule has 1 saturated heterocycles. The summed E-state index contributed by atoms with van der Waals surface area (Å²) in [6, 6.07) is 10.9. The van der Waals surface area contributed by atoms with Crippen molar-refractivity contribution >= 4 is 34.8 Å².